The van der Waals surface area contributed by atoms with Crippen molar-refractivity contribution in [3.8, 4) is 11.4 Å². The predicted molar refractivity (Wildman–Crippen MR) is 356 cm³/mol. The molecule has 1 aliphatic carbocycles. The van der Waals surface area contributed by atoms with Crippen LogP contribution >= 0.6 is 11.3 Å². The molecule has 15 rings (SSSR count). The molecule has 6 heteroatoms. The first kappa shape index (κ1) is 51.1. The number of fused-ring (bicyclic) bond motifs is 14. The van der Waals surface area contributed by atoms with Crippen LogP contribution in [0.4, 0.5) is 34.1 Å². The van der Waals surface area contributed by atoms with E-state index in [1.54, 1.807) is 0 Å². The van der Waals surface area contributed by atoms with E-state index < -0.39 is 0 Å². The molecule has 0 radical (unpaired) electrons. The number of thiophene rings is 1. The van der Waals surface area contributed by atoms with Gasteiger partial charge in [-0.15, -0.1) is 11.3 Å². The van der Waals surface area contributed by atoms with Crippen LogP contribution in [-0.2, 0) is 27.1 Å². The minimum atomic E-state index is -0.0416. The summed E-state index contributed by atoms with van der Waals surface area (Å²) in [6.07, 6.45) is 2.31. The van der Waals surface area contributed by atoms with Crippen molar-refractivity contribution < 1.29 is 0 Å². The predicted octanol–water partition coefficient (Wildman–Crippen LogP) is 19.4. The minimum Gasteiger partial charge on any atom is -0.310 e. The maximum atomic E-state index is 2.73. The van der Waals surface area contributed by atoms with Crippen LogP contribution in [0.1, 0.15) is 131 Å². The van der Waals surface area contributed by atoms with Crippen molar-refractivity contribution in [1.82, 2.24) is 9.13 Å². The molecule has 406 valence electrons. The molecule has 0 bridgehead atoms. The first-order chi connectivity index (χ1) is 39.1. The summed E-state index contributed by atoms with van der Waals surface area (Å²) in [6.45, 7) is 30.8. The summed E-state index contributed by atoms with van der Waals surface area (Å²) >= 11 is 2.00. The molecule has 0 unspecified atom stereocenters. The Morgan fingerprint density at radius 1 is 0.451 bits per heavy atom. The van der Waals surface area contributed by atoms with Gasteiger partial charge in [0.05, 0.1) is 27.9 Å². The number of para-hydroxylation sites is 3. The summed E-state index contributed by atoms with van der Waals surface area (Å²) in [6, 6.07) is 70.9. The Bertz CT molecular complexity index is 4560. The number of hydrogen-bond donors (Lipinski definition) is 0. The van der Waals surface area contributed by atoms with Gasteiger partial charge >= 0.3 is 0 Å². The van der Waals surface area contributed by atoms with Gasteiger partial charge in [0.25, 0.3) is 6.71 Å². The SMILES string of the molecule is CC(C)(C)c1ccc(N(c2ccc(C(C)(C)C)cc2)c2cc3c4c(c2)-n2c5c(cccc5c5ccc6c(c7ccccc7n6-c6ccccc6)c52)B4c2sc4ccc(C(C)(C)C)cc4c2N3c2ccc3c(c2)C(C)(C)CCC3(C)C)cc1. The molecule has 4 nitrogen and oxygen atoms in total. The molecule has 0 saturated carbocycles. The molecule has 12 aromatic rings. The lowest BCUT2D eigenvalue weighted by Gasteiger charge is -2.44. The fraction of sp³-hybridized carbons (Fsp3) is 0.263. The monoisotopic (exact) mass is 1080 g/mol. The average molecular weight is 1090 g/mol. The van der Waals surface area contributed by atoms with Crippen LogP contribution in [0, 0.1) is 0 Å². The Hall–Kier alpha value is -7.80. The first-order valence-corrected chi connectivity index (χ1v) is 30.6. The lowest BCUT2D eigenvalue weighted by molar-refractivity contribution is 0.332. The van der Waals surface area contributed by atoms with Crippen molar-refractivity contribution in [3.63, 3.8) is 0 Å². The number of aromatic nitrogens is 2. The first-order valence-electron chi connectivity index (χ1n) is 29.8. The quantitative estimate of drug-likeness (QED) is 0.160. The van der Waals surface area contributed by atoms with Crippen LogP contribution < -0.4 is 25.5 Å². The van der Waals surface area contributed by atoms with E-state index in [4.69, 9.17) is 0 Å². The Labute approximate surface area is 488 Å². The summed E-state index contributed by atoms with van der Waals surface area (Å²) in [7, 11) is 0. The van der Waals surface area contributed by atoms with Gasteiger partial charge in [-0.2, -0.15) is 0 Å². The maximum Gasteiger partial charge on any atom is 0.264 e. The summed E-state index contributed by atoms with van der Waals surface area (Å²) in [4.78, 5) is 5.27. The molecular weight excluding hydrogens is 1010 g/mol. The molecule has 0 atom stereocenters. The third-order valence-electron chi connectivity index (χ3n) is 19.2. The van der Waals surface area contributed by atoms with Gasteiger partial charge < -0.3 is 18.9 Å². The Morgan fingerprint density at radius 2 is 1.05 bits per heavy atom. The summed E-state index contributed by atoms with van der Waals surface area (Å²) in [5.74, 6) is 0. The fourth-order valence-corrected chi connectivity index (χ4v) is 15.9. The van der Waals surface area contributed by atoms with Crippen molar-refractivity contribution in [1.29, 1.82) is 0 Å². The van der Waals surface area contributed by atoms with Crippen LogP contribution in [0.25, 0.3) is 65.1 Å². The highest BCUT2D eigenvalue weighted by Gasteiger charge is 2.46. The van der Waals surface area contributed by atoms with Crippen molar-refractivity contribution in [2.75, 3.05) is 9.80 Å². The van der Waals surface area contributed by atoms with Gasteiger partial charge in [-0.1, -0.05) is 187 Å². The second-order valence-corrected chi connectivity index (χ2v) is 29.6. The summed E-state index contributed by atoms with van der Waals surface area (Å²) < 4.78 is 7.93. The topological polar surface area (TPSA) is 16.3 Å². The largest absolute Gasteiger partial charge is 0.310 e. The van der Waals surface area contributed by atoms with Crippen molar-refractivity contribution >= 4 is 122 Å². The molecule has 3 aliphatic rings. The van der Waals surface area contributed by atoms with E-state index >= 15 is 0 Å². The Kier molecular flexibility index (Phi) is 10.8. The molecule has 0 fully saturated rings. The molecule has 9 aromatic carbocycles. The molecule has 0 N–H and O–H groups in total. The highest BCUT2D eigenvalue weighted by atomic mass is 32.1. The lowest BCUT2D eigenvalue weighted by atomic mass is 9.36. The van der Waals surface area contributed by atoms with Crippen LogP contribution in [0.2, 0.25) is 0 Å². The normalized spacial score (nSPS) is 15.4. The third-order valence-corrected chi connectivity index (χ3v) is 20.4. The number of nitrogens with zero attached hydrogens (tertiary/aromatic N) is 4. The molecule has 82 heavy (non-hydrogen) atoms. The second-order valence-electron chi connectivity index (χ2n) is 28.5. The number of rotatable bonds is 5. The van der Waals surface area contributed by atoms with Gasteiger partial charge in [-0.25, -0.2) is 0 Å². The molecular formula is C76H73BN4S. The maximum absolute atomic E-state index is 2.73. The van der Waals surface area contributed by atoms with Gasteiger partial charge in [0.15, 0.2) is 0 Å². The molecule has 5 heterocycles. The van der Waals surface area contributed by atoms with Crippen molar-refractivity contribution in [3.05, 3.63) is 210 Å². The van der Waals surface area contributed by atoms with Crippen LogP contribution in [-0.4, -0.2) is 15.8 Å². The number of hydrogen-bond acceptors (Lipinski definition) is 3. The number of benzene rings is 9. The Morgan fingerprint density at radius 3 is 1.72 bits per heavy atom. The molecule has 0 spiro atoms. The van der Waals surface area contributed by atoms with Crippen LogP contribution in [0.3, 0.4) is 0 Å². The van der Waals surface area contributed by atoms with Gasteiger partial charge in [0.2, 0.25) is 0 Å². The van der Waals surface area contributed by atoms with Gasteiger partial charge in [-0.05, 0) is 164 Å². The summed E-state index contributed by atoms with van der Waals surface area (Å²) in [5.41, 5.74) is 24.1. The van der Waals surface area contributed by atoms with Gasteiger partial charge in [-0.3, -0.25) is 0 Å². The van der Waals surface area contributed by atoms with E-state index in [1.165, 1.54) is 126 Å². The van der Waals surface area contributed by atoms with E-state index in [0.29, 0.717) is 0 Å². The standard InChI is InChI=1S/C76H73BN4S/c1-72(2,3)46-26-31-50(32-27-46)78(51-33-28-47(29-34-51)73(4,5)6)53-44-63-67-64(45-53)81-68-54(55-36-38-62-66(69(55)81)56-22-17-18-25-61(56)79(62)49-20-15-14-16-21-49)23-19-24-60(68)77(67)71-70(57-42-48(74(7,8)9)30-39-65(57)82-71)80(63)52-35-37-58-59(43-52)76(12,13)41-40-75(58,10)11/h14-39,42-45H,40-41H2,1-13H3. The molecule has 3 aromatic heterocycles. The van der Waals surface area contributed by atoms with E-state index in [2.05, 4.69) is 291 Å². The van der Waals surface area contributed by atoms with E-state index in [-0.39, 0.29) is 33.8 Å². The lowest BCUT2D eigenvalue weighted by Crippen LogP contribution is -2.59. The zero-order valence-electron chi connectivity index (χ0n) is 50.0. The van der Waals surface area contributed by atoms with Gasteiger partial charge in [0.1, 0.15) is 0 Å². The molecule has 0 amide bonds. The van der Waals surface area contributed by atoms with Crippen LogP contribution in [0.15, 0.2) is 182 Å². The Balaban J connectivity index is 1.13. The third kappa shape index (κ3) is 7.48. The van der Waals surface area contributed by atoms with Crippen molar-refractivity contribution in [2.24, 2.45) is 0 Å². The minimum absolute atomic E-state index is 0.00103. The van der Waals surface area contributed by atoms with Crippen LogP contribution in [0.5, 0.6) is 0 Å². The van der Waals surface area contributed by atoms with E-state index in [1.807, 2.05) is 11.3 Å². The smallest absolute Gasteiger partial charge is 0.264 e. The zero-order valence-corrected chi connectivity index (χ0v) is 50.8. The second kappa shape index (κ2) is 17.4. The van der Waals surface area contributed by atoms with E-state index in [9.17, 15) is 0 Å². The zero-order chi connectivity index (χ0) is 56.7. The average Bonchev–Trinajstić information content (AvgIpc) is 1.56. The fourth-order valence-electron chi connectivity index (χ4n) is 14.6. The highest BCUT2D eigenvalue weighted by Crippen LogP contribution is 2.53. The van der Waals surface area contributed by atoms with E-state index in [0.717, 1.165) is 29.2 Å². The molecule has 2 aliphatic heterocycles. The van der Waals surface area contributed by atoms with Gasteiger partial charge in [0, 0.05) is 76.0 Å². The highest BCUT2D eigenvalue weighted by molar-refractivity contribution is 7.33. The summed E-state index contributed by atoms with van der Waals surface area (Å²) in [5, 5.41) is 6.41. The number of anilines is 6. The molecule has 0 saturated heterocycles. The van der Waals surface area contributed by atoms with Crippen molar-refractivity contribution in [2.45, 2.75) is 130 Å².